The van der Waals surface area contributed by atoms with Crippen molar-refractivity contribution in [3.05, 3.63) is 59.7 Å². The fourth-order valence-electron chi connectivity index (χ4n) is 3.13. The van der Waals surface area contributed by atoms with Gasteiger partial charge in [-0.3, -0.25) is 4.99 Å². The molecule has 0 saturated heterocycles. The predicted molar refractivity (Wildman–Crippen MR) is 81.8 cm³/mol. The molecule has 20 heavy (non-hydrogen) atoms. The van der Waals surface area contributed by atoms with Crippen LogP contribution in [0.2, 0.25) is 0 Å². The van der Waals surface area contributed by atoms with Gasteiger partial charge >= 0.3 is 0 Å². The third-order valence-electron chi connectivity index (χ3n) is 4.05. The lowest BCUT2D eigenvalue weighted by Gasteiger charge is -2.29. The van der Waals surface area contributed by atoms with Crippen molar-refractivity contribution in [1.29, 1.82) is 0 Å². The van der Waals surface area contributed by atoms with Crippen LogP contribution in [-0.4, -0.2) is 19.0 Å². The monoisotopic (exact) mass is 263 g/mol. The van der Waals surface area contributed by atoms with Crippen molar-refractivity contribution in [2.24, 2.45) is 4.99 Å². The minimum absolute atomic E-state index is 0.297. The molecule has 1 aliphatic carbocycles. The Bertz CT molecular complexity index is 675. The number of guanidine groups is 1. The Morgan fingerprint density at radius 3 is 2.65 bits per heavy atom. The van der Waals surface area contributed by atoms with E-state index in [2.05, 4.69) is 64.2 Å². The fourth-order valence-corrected chi connectivity index (χ4v) is 3.13. The molecule has 100 valence electrons. The molecule has 0 radical (unpaired) electrons. The third-order valence-corrected chi connectivity index (χ3v) is 4.05. The first-order chi connectivity index (χ1) is 9.92. The Kier molecular flexibility index (Phi) is 2.69. The van der Waals surface area contributed by atoms with Crippen LogP contribution in [0.4, 0.5) is 0 Å². The number of benzene rings is 2. The number of rotatable bonds is 1. The summed E-state index contributed by atoms with van der Waals surface area (Å²) >= 11 is 0. The zero-order chi connectivity index (χ0) is 13.4. The Labute approximate surface area is 118 Å². The maximum absolute atomic E-state index is 4.45. The van der Waals surface area contributed by atoms with Crippen LogP contribution in [0.5, 0.6) is 0 Å². The molecule has 3 heteroatoms. The third kappa shape index (κ3) is 1.86. The lowest BCUT2D eigenvalue weighted by atomic mass is 9.82. The maximum Gasteiger partial charge on any atom is 0.191 e. The van der Waals surface area contributed by atoms with Crippen LogP contribution in [0, 0.1) is 0 Å². The Balaban J connectivity index is 1.76. The first kappa shape index (κ1) is 11.5. The van der Waals surface area contributed by atoms with Crippen molar-refractivity contribution < 1.29 is 0 Å². The zero-order valence-electron chi connectivity index (χ0n) is 11.3. The summed E-state index contributed by atoms with van der Waals surface area (Å²) in [6.07, 6.45) is 1.01. The SMILES string of the molecule is c1ccc2c(c1)CC(NC1=NCCN1)c1ccccc1-2. The van der Waals surface area contributed by atoms with E-state index in [9.17, 15) is 0 Å². The molecule has 0 bridgehead atoms. The molecule has 0 fully saturated rings. The second-order valence-electron chi connectivity index (χ2n) is 5.30. The molecule has 1 heterocycles. The van der Waals surface area contributed by atoms with Gasteiger partial charge < -0.3 is 10.6 Å². The normalized spacial score (nSPS) is 19.6. The largest absolute Gasteiger partial charge is 0.355 e. The maximum atomic E-state index is 4.45. The smallest absolute Gasteiger partial charge is 0.191 e. The van der Waals surface area contributed by atoms with E-state index in [0.717, 1.165) is 25.5 Å². The molecule has 1 aliphatic heterocycles. The summed E-state index contributed by atoms with van der Waals surface area (Å²) in [5.74, 6) is 0.934. The molecule has 1 unspecified atom stereocenters. The van der Waals surface area contributed by atoms with Gasteiger partial charge in [0.05, 0.1) is 12.6 Å². The van der Waals surface area contributed by atoms with Crippen LogP contribution in [0.15, 0.2) is 53.5 Å². The average molecular weight is 263 g/mol. The minimum atomic E-state index is 0.297. The highest BCUT2D eigenvalue weighted by atomic mass is 15.2. The Morgan fingerprint density at radius 1 is 1.00 bits per heavy atom. The molecule has 0 aromatic heterocycles. The van der Waals surface area contributed by atoms with Gasteiger partial charge in [0, 0.05) is 6.54 Å². The number of aliphatic imine (C=N–C) groups is 1. The first-order valence-electron chi connectivity index (χ1n) is 7.14. The first-order valence-corrected chi connectivity index (χ1v) is 7.14. The number of nitrogens with one attached hydrogen (secondary N) is 2. The second-order valence-corrected chi connectivity index (χ2v) is 5.30. The van der Waals surface area contributed by atoms with E-state index in [1.165, 1.54) is 22.3 Å². The lowest BCUT2D eigenvalue weighted by Crippen LogP contribution is -2.38. The quantitative estimate of drug-likeness (QED) is 0.829. The van der Waals surface area contributed by atoms with E-state index in [4.69, 9.17) is 0 Å². The summed E-state index contributed by atoms with van der Waals surface area (Å²) in [4.78, 5) is 4.45. The Hall–Kier alpha value is -2.29. The predicted octanol–water partition coefficient (Wildman–Crippen LogP) is 2.50. The molecular formula is C17H17N3. The van der Waals surface area contributed by atoms with Gasteiger partial charge in [-0.05, 0) is 28.7 Å². The van der Waals surface area contributed by atoms with Crippen LogP contribution in [-0.2, 0) is 6.42 Å². The van der Waals surface area contributed by atoms with Gasteiger partial charge in [-0.1, -0.05) is 48.5 Å². The average Bonchev–Trinajstić information content (AvgIpc) is 3.00. The van der Waals surface area contributed by atoms with Crippen LogP contribution < -0.4 is 10.6 Å². The fraction of sp³-hybridized carbons (Fsp3) is 0.235. The highest BCUT2D eigenvalue weighted by molar-refractivity contribution is 5.83. The molecule has 3 nitrogen and oxygen atoms in total. The van der Waals surface area contributed by atoms with Crippen molar-refractivity contribution in [3.63, 3.8) is 0 Å². The van der Waals surface area contributed by atoms with Gasteiger partial charge in [-0.2, -0.15) is 0 Å². The van der Waals surface area contributed by atoms with E-state index in [0.29, 0.717) is 6.04 Å². The van der Waals surface area contributed by atoms with Gasteiger partial charge in [0.1, 0.15) is 0 Å². The van der Waals surface area contributed by atoms with Crippen LogP contribution in [0.25, 0.3) is 11.1 Å². The van der Waals surface area contributed by atoms with Crippen molar-refractivity contribution in [3.8, 4) is 11.1 Å². The van der Waals surface area contributed by atoms with Crippen molar-refractivity contribution in [2.75, 3.05) is 13.1 Å². The molecule has 1 atom stereocenters. The summed E-state index contributed by atoms with van der Waals surface area (Å²) in [7, 11) is 0. The molecule has 0 spiro atoms. The molecule has 2 aromatic carbocycles. The molecule has 2 N–H and O–H groups in total. The Morgan fingerprint density at radius 2 is 1.80 bits per heavy atom. The molecule has 0 amide bonds. The van der Waals surface area contributed by atoms with E-state index in [1.54, 1.807) is 0 Å². The van der Waals surface area contributed by atoms with Crippen molar-refractivity contribution >= 4 is 5.96 Å². The van der Waals surface area contributed by atoms with E-state index < -0.39 is 0 Å². The van der Waals surface area contributed by atoms with Gasteiger partial charge in [0.2, 0.25) is 0 Å². The van der Waals surface area contributed by atoms with Crippen molar-refractivity contribution in [2.45, 2.75) is 12.5 Å². The van der Waals surface area contributed by atoms with E-state index >= 15 is 0 Å². The summed E-state index contributed by atoms with van der Waals surface area (Å²) in [5.41, 5.74) is 5.47. The van der Waals surface area contributed by atoms with Crippen LogP contribution in [0.1, 0.15) is 17.2 Å². The topological polar surface area (TPSA) is 36.4 Å². The molecule has 2 aromatic rings. The van der Waals surface area contributed by atoms with Crippen LogP contribution >= 0.6 is 0 Å². The van der Waals surface area contributed by atoms with Gasteiger partial charge in [-0.15, -0.1) is 0 Å². The summed E-state index contributed by atoms with van der Waals surface area (Å²) in [6.45, 7) is 1.81. The molecule has 4 rings (SSSR count). The van der Waals surface area contributed by atoms with E-state index in [-0.39, 0.29) is 0 Å². The summed E-state index contributed by atoms with van der Waals surface area (Å²) in [6, 6.07) is 17.6. The van der Waals surface area contributed by atoms with Crippen molar-refractivity contribution in [1.82, 2.24) is 10.6 Å². The zero-order valence-corrected chi connectivity index (χ0v) is 11.3. The summed E-state index contributed by atoms with van der Waals surface area (Å²) < 4.78 is 0. The number of fused-ring (bicyclic) bond motifs is 3. The highest BCUT2D eigenvalue weighted by Gasteiger charge is 2.25. The molecule has 2 aliphatic rings. The van der Waals surface area contributed by atoms with Gasteiger partial charge in [-0.25, -0.2) is 0 Å². The van der Waals surface area contributed by atoms with Gasteiger partial charge in [0.25, 0.3) is 0 Å². The number of hydrogen-bond donors (Lipinski definition) is 2. The number of hydrogen-bond acceptors (Lipinski definition) is 3. The standard InChI is InChI=1S/C17H17N3/c1-2-6-13-12(5-1)11-16(20-17-18-9-10-19-17)15-8-4-3-7-14(13)15/h1-8,16H,9-11H2,(H2,18,19,20). The number of nitrogens with zero attached hydrogens (tertiary/aromatic N) is 1. The molecular weight excluding hydrogens is 246 g/mol. The van der Waals surface area contributed by atoms with Gasteiger partial charge in [0.15, 0.2) is 5.96 Å². The highest BCUT2D eigenvalue weighted by Crippen LogP contribution is 2.38. The molecule has 0 saturated carbocycles. The minimum Gasteiger partial charge on any atom is -0.355 e. The lowest BCUT2D eigenvalue weighted by molar-refractivity contribution is 0.628. The van der Waals surface area contributed by atoms with Crippen LogP contribution in [0.3, 0.4) is 0 Å². The van der Waals surface area contributed by atoms with E-state index in [1.807, 2.05) is 0 Å². The summed E-state index contributed by atoms with van der Waals surface area (Å²) in [5, 5.41) is 6.85. The second kappa shape index (κ2) is 4.67.